The molecular formula is C19H23N3OS. The topological polar surface area (TPSA) is 35.6 Å². The maximum atomic E-state index is 12.4. The van der Waals surface area contributed by atoms with Gasteiger partial charge in [-0.1, -0.05) is 6.07 Å². The Balaban J connectivity index is 1.31. The van der Waals surface area contributed by atoms with E-state index >= 15 is 0 Å². The van der Waals surface area contributed by atoms with Crippen molar-refractivity contribution in [2.45, 2.75) is 32.9 Å². The summed E-state index contributed by atoms with van der Waals surface area (Å²) in [6.45, 7) is 7.96. The normalized spacial score (nSPS) is 18.2. The van der Waals surface area contributed by atoms with Crippen LogP contribution in [0.25, 0.3) is 0 Å². The molecule has 0 unspecified atom stereocenters. The average molecular weight is 341 g/mol. The number of rotatable bonds is 2. The first kappa shape index (κ1) is 15.7. The molecule has 2 aromatic rings. The van der Waals surface area contributed by atoms with Gasteiger partial charge >= 0.3 is 6.03 Å². The number of urea groups is 1. The van der Waals surface area contributed by atoms with E-state index in [0.717, 1.165) is 38.3 Å². The highest BCUT2D eigenvalue weighted by molar-refractivity contribution is 7.10. The third-order valence-corrected chi connectivity index (χ3v) is 6.28. The van der Waals surface area contributed by atoms with Gasteiger partial charge in [0.25, 0.3) is 0 Å². The maximum Gasteiger partial charge on any atom is 0.321 e. The first-order chi connectivity index (χ1) is 11.6. The predicted octanol–water partition coefficient (Wildman–Crippen LogP) is 3.64. The van der Waals surface area contributed by atoms with Gasteiger partial charge in [0.1, 0.15) is 0 Å². The summed E-state index contributed by atoms with van der Waals surface area (Å²) in [5, 5.41) is 5.21. The molecule has 2 amide bonds. The highest BCUT2D eigenvalue weighted by Gasteiger charge is 2.36. The Hall–Kier alpha value is -1.85. The van der Waals surface area contributed by atoms with E-state index in [9.17, 15) is 4.79 Å². The van der Waals surface area contributed by atoms with E-state index in [1.807, 2.05) is 28.4 Å². The van der Waals surface area contributed by atoms with Gasteiger partial charge < -0.3 is 10.2 Å². The minimum absolute atomic E-state index is 0.0164. The molecule has 126 valence electrons. The van der Waals surface area contributed by atoms with Crippen LogP contribution in [-0.2, 0) is 13.0 Å². The lowest BCUT2D eigenvalue weighted by Crippen LogP contribution is -2.62. The summed E-state index contributed by atoms with van der Waals surface area (Å²) >= 11 is 1.87. The van der Waals surface area contributed by atoms with Gasteiger partial charge in [0.05, 0.1) is 0 Å². The molecule has 3 heterocycles. The van der Waals surface area contributed by atoms with Crippen LogP contribution >= 0.6 is 11.3 Å². The van der Waals surface area contributed by atoms with Crippen molar-refractivity contribution in [1.29, 1.82) is 0 Å². The molecular weight excluding hydrogens is 318 g/mol. The van der Waals surface area contributed by atoms with Crippen LogP contribution in [0.3, 0.4) is 0 Å². The van der Waals surface area contributed by atoms with Crippen LogP contribution < -0.4 is 5.32 Å². The van der Waals surface area contributed by atoms with Crippen molar-refractivity contribution in [3.05, 3.63) is 51.2 Å². The predicted molar refractivity (Wildman–Crippen MR) is 98.7 cm³/mol. The number of likely N-dealkylation sites (tertiary alicyclic amines) is 1. The lowest BCUT2D eigenvalue weighted by Gasteiger charge is -2.46. The van der Waals surface area contributed by atoms with Crippen molar-refractivity contribution in [3.8, 4) is 0 Å². The number of carbonyl (C=O) groups excluding carboxylic acids is 1. The van der Waals surface area contributed by atoms with Gasteiger partial charge in [-0.25, -0.2) is 4.79 Å². The van der Waals surface area contributed by atoms with Crippen LogP contribution in [0, 0.1) is 13.8 Å². The van der Waals surface area contributed by atoms with Gasteiger partial charge in [0.2, 0.25) is 0 Å². The van der Waals surface area contributed by atoms with E-state index in [4.69, 9.17) is 0 Å². The van der Waals surface area contributed by atoms with Crippen LogP contribution in [-0.4, -0.2) is 41.5 Å². The number of aryl methyl sites for hydroxylation is 2. The van der Waals surface area contributed by atoms with Crippen LogP contribution in [0.15, 0.2) is 29.6 Å². The van der Waals surface area contributed by atoms with Crippen molar-refractivity contribution >= 4 is 23.1 Å². The Morgan fingerprint density at radius 3 is 2.83 bits per heavy atom. The molecule has 0 bridgehead atoms. The molecule has 2 aliphatic rings. The second kappa shape index (κ2) is 6.22. The fourth-order valence-electron chi connectivity index (χ4n) is 3.46. The zero-order valence-electron chi connectivity index (χ0n) is 14.2. The largest absolute Gasteiger partial charge is 0.321 e. The molecule has 0 radical (unpaired) electrons. The van der Waals surface area contributed by atoms with Crippen molar-refractivity contribution in [1.82, 2.24) is 9.80 Å². The van der Waals surface area contributed by atoms with Crippen LogP contribution in [0.1, 0.15) is 21.6 Å². The molecule has 4 nitrogen and oxygen atoms in total. The maximum absolute atomic E-state index is 12.4. The molecule has 1 saturated heterocycles. The van der Waals surface area contributed by atoms with E-state index in [1.165, 1.54) is 21.6 Å². The summed E-state index contributed by atoms with van der Waals surface area (Å²) < 4.78 is 0. The zero-order valence-corrected chi connectivity index (χ0v) is 15.0. The van der Waals surface area contributed by atoms with Crippen molar-refractivity contribution < 1.29 is 4.79 Å². The smallest absolute Gasteiger partial charge is 0.321 e. The van der Waals surface area contributed by atoms with E-state index in [-0.39, 0.29) is 6.03 Å². The average Bonchev–Trinajstić information content (AvgIpc) is 2.97. The second-order valence-corrected chi connectivity index (χ2v) is 7.88. The molecule has 1 N–H and O–H groups in total. The monoisotopic (exact) mass is 341 g/mol. The Kier molecular flexibility index (Phi) is 4.06. The third kappa shape index (κ3) is 2.94. The number of anilines is 1. The fraction of sp³-hybridized carbons (Fsp3) is 0.421. The molecule has 1 aromatic carbocycles. The number of fused-ring (bicyclic) bond motifs is 1. The van der Waals surface area contributed by atoms with Gasteiger partial charge in [-0.2, -0.15) is 0 Å². The number of amides is 2. The number of hydrogen-bond donors (Lipinski definition) is 1. The summed E-state index contributed by atoms with van der Waals surface area (Å²) in [5.74, 6) is 0. The molecule has 5 heteroatoms. The molecule has 24 heavy (non-hydrogen) atoms. The quantitative estimate of drug-likeness (QED) is 0.905. The number of carbonyl (C=O) groups is 1. The van der Waals surface area contributed by atoms with Gasteiger partial charge in [-0.05, 0) is 60.5 Å². The highest BCUT2D eigenvalue weighted by Crippen LogP contribution is 2.28. The molecule has 0 saturated carbocycles. The minimum atomic E-state index is 0.0164. The first-order valence-electron chi connectivity index (χ1n) is 8.52. The van der Waals surface area contributed by atoms with Gasteiger partial charge in [0.15, 0.2) is 0 Å². The number of nitrogens with zero attached hydrogens (tertiary/aromatic N) is 2. The third-order valence-electron chi connectivity index (χ3n) is 5.26. The van der Waals surface area contributed by atoms with E-state index in [1.54, 1.807) is 0 Å². The standard InChI is InChI=1S/C19H23N3OS/c1-13-3-4-16(9-14(13)2)20-19(23)22-11-17(12-22)21-7-5-18-15(10-21)6-8-24-18/h3-4,6,8-9,17H,5,7,10-12H2,1-2H3,(H,20,23). The number of hydrogen-bond acceptors (Lipinski definition) is 3. The Morgan fingerprint density at radius 2 is 2.04 bits per heavy atom. The SMILES string of the molecule is Cc1ccc(NC(=O)N2CC(N3CCc4sccc4C3)C2)cc1C. The van der Waals surface area contributed by atoms with E-state index in [2.05, 4.69) is 41.6 Å². The number of thiophene rings is 1. The molecule has 1 fully saturated rings. The van der Waals surface area contributed by atoms with Gasteiger partial charge in [-0.15, -0.1) is 11.3 Å². The van der Waals surface area contributed by atoms with Gasteiger partial charge in [0, 0.05) is 42.8 Å². The molecule has 0 atom stereocenters. The minimum Gasteiger partial charge on any atom is -0.321 e. The summed E-state index contributed by atoms with van der Waals surface area (Å²) in [7, 11) is 0. The number of benzene rings is 1. The molecule has 0 aliphatic carbocycles. The Bertz CT molecular complexity index is 764. The highest BCUT2D eigenvalue weighted by atomic mass is 32.1. The lowest BCUT2D eigenvalue weighted by molar-refractivity contribution is 0.0533. The summed E-state index contributed by atoms with van der Waals surface area (Å²) in [4.78, 5) is 18.3. The fourth-order valence-corrected chi connectivity index (χ4v) is 4.35. The van der Waals surface area contributed by atoms with Crippen LogP contribution in [0.4, 0.5) is 10.5 Å². The van der Waals surface area contributed by atoms with Crippen LogP contribution in [0.2, 0.25) is 0 Å². The van der Waals surface area contributed by atoms with Gasteiger partial charge in [-0.3, -0.25) is 4.90 Å². The lowest BCUT2D eigenvalue weighted by atomic mass is 10.0. The molecule has 4 rings (SSSR count). The molecule has 1 aromatic heterocycles. The zero-order chi connectivity index (χ0) is 16.7. The second-order valence-electron chi connectivity index (χ2n) is 6.88. The summed E-state index contributed by atoms with van der Waals surface area (Å²) in [6.07, 6.45) is 1.15. The first-order valence-corrected chi connectivity index (χ1v) is 9.40. The van der Waals surface area contributed by atoms with Crippen molar-refractivity contribution in [3.63, 3.8) is 0 Å². The summed E-state index contributed by atoms with van der Waals surface area (Å²) in [5.41, 5.74) is 4.81. The molecule has 0 spiro atoms. The molecule has 2 aliphatic heterocycles. The Morgan fingerprint density at radius 1 is 1.21 bits per heavy atom. The van der Waals surface area contributed by atoms with Crippen molar-refractivity contribution in [2.24, 2.45) is 0 Å². The Labute approximate surface area is 147 Å². The summed E-state index contributed by atoms with van der Waals surface area (Å²) in [6, 6.07) is 8.82. The van der Waals surface area contributed by atoms with Crippen LogP contribution in [0.5, 0.6) is 0 Å². The van der Waals surface area contributed by atoms with E-state index < -0.39 is 0 Å². The van der Waals surface area contributed by atoms with Crippen molar-refractivity contribution in [2.75, 3.05) is 25.0 Å². The van der Waals surface area contributed by atoms with E-state index in [0.29, 0.717) is 6.04 Å². The number of nitrogens with one attached hydrogen (secondary N) is 1.